The molecule has 91 heavy (non-hydrogen) atoms. The van der Waals surface area contributed by atoms with Crippen molar-refractivity contribution in [2.75, 3.05) is 39.6 Å². The van der Waals surface area contributed by atoms with Crippen LogP contribution in [0.3, 0.4) is 0 Å². The zero-order valence-electron chi connectivity index (χ0n) is 56.0. The number of esters is 3. The standard InChI is InChI=1S/C73H120O16P2/c1-4-7-10-13-16-19-22-24-26-28-30-32-33-35-37-38-40-42-45-47-50-53-56-59-71(76)83-62-68(74)63-85-90(79,80)86-64-69(75)65-87-91(81,82)88-67-70(89-73(78)61-58-55-52-49-44-21-18-15-12-9-6-3)66-84-72(77)60-57-54-51-48-46-43-41-39-36-34-31-29-27-25-23-20-17-14-11-8-5-2/h7-8,10-11,15-20,24-27,30-32,34-35,37,39,41,46,48,68-70,74-75H,4-6,9,12-14,21-23,28-29,33,36,38,40,42-45,47,49-67H2,1-3H3,(H,79,80)(H,81,82)/b10-7-,11-8-,18-15-,19-16-,20-17-,26-24-,27-25-,32-30-,34-31-,37-35-,41-39-,48-46-. The van der Waals surface area contributed by atoms with Crippen molar-refractivity contribution in [3.8, 4) is 0 Å². The predicted octanol–water partition coefficient (Wildman–Crippen LogP) is 19.0. The first-order valence-corrected chi connectivity index (χ1v) is 37.1. The Bertz CT molecular complexity index is 2240. The highest BCUT2D eigenvalue weighted by atomic mass is 31.2. The zero-order valence-corrected chi connectivity index (χ0v) is 57.7. The van der Waals surface area contributed by atoms with E-state index in [4.69, 9.17) is 32.3 Å². The van der Waals surface area contributed by atoms with Crippen LogP contribution in [0, 0.1) is 0 Å². The van der Waals surface area contributed by atoms with Gasteiger partial charge < -0.3 is 34.2 Å². The van der Waals surface area contributed by atoms with Crippen molar-refractivity contribution in [3.63, 3.8) is 0 Å². The van der Waals surface area contributed by atoms with Gasteiger partial charge in [-0.1, -0.05) is 231 Å². The molecule has 0 bridgehead atoms. The normalized spacial score (nSPS) is 15.1. The molecule has 0 radical (unpaired) electrons. The molecule has 0 heterocycles. The monoisotopic (exact) mass is 1310 g/mol. The van der Waals surface area contributed by atoms with Crippen molar-refractivity contribution in [1.29, 1.82) is 0 Å². The van der Waals surface area contributed by atoms with E-state index in [1.54, 1.807) is 0 Å². The fourth-order valence-corrected chi connectivity index (χ4v) is 9.93. The molecule has 0 aromatic heterocycles. The van der Waals surface area contributed by atoms with Gasteiger partial charge in [-0.15, -0.1) is 0 Å². The summed E-state index contributed by atoms with van der Waals surface area (Å²) in [7, 11) is -9.80. The first-order valence-electron chi connectivity index (χ1n) is 34.1. The van der Waals surface area contributed by atoms with Gasteiger partial charge in [0.05, 0.1) is 26.4 Å². The smallest absolute Gasteiger partial charge is 0.463 e. The lowest BCUT2D eigenvalue weighted by atomic mass is 10.1. The van der Waals surface area contributed by atoms with Gasteiger partial charge in [-0.2, -0.15) is 0 Å². The number of hydrogen-bond donors (Lipinski definition) is 4. The largest absolute Gasteiger partial charge is 0.472 e. The van der Waals surface area contributed by atoms with Gasteiger partial charge in [0.15, 0.2) is 6.10 Å². The Morgan fingerprint density at radius 2 is 0.582 bits per heavy atom. The molecule has 5 atom stereocenters. The van der Waals surface area contributed by atoms with Crippen molar-refractivity contribution in [3.05, 3.63) is 146 Å². The molecule has 0 aromatic carbocycles. The third-order valence-corrected chi connectivity index (χ3v) is 15.4. The molecule has 5 unspecified atom stereocenters. The molecule has 0 rings (SSSR count). The molecule has 16 nitrogen and oxygen atoms in total. The summed E-state index contributed by atoms with van der Waals surface area (Å²) in [5.41, 5.74) is 0. The van der Waals surface area contributed by atoms with Crippen molar-refractivity contribution in [2.24, 2.45) is 0 Å². The van der Waals surface area contributed by atoms with Crippen LogP contribution in [-0.4, -0.2) is 95.9 Å². The summed E-state index contributed by atoms with van der Waals surface area (Å²) >= 11 is 0. The van der Waals surface area contributed by atoms with Crippen LogP contribution < -0.4 is 0 Å². The van der Waals surface area contributed by atoms with E-state index in [0.29, 0.717) is 19.3 Å². The van der Waals surface area contributed by atoms with E-state index in [1.165, 1.54) is 12.8 Å². The molecule has 0 aromatic rings. The van der Waals surface area contributed by atoms with Crippen LogP contribution in [0.2, 0.25) is 0 Å². The summed E-state index contributed by atoms with van der Waals surface area (Å²) < 4.78 is 60.8. The lowest BCUT2D eigenvalue weighted by Gasteiger charge is -2.21. The minimum Gasteiger partial charge on any atom is -0.463 e. The van der Waals surface area contributed by atoms with Gasteiger partial charge in [0.1, 0.15) is 25.4 Å². The Balaban J connectivity index is 4.63. The SMILES string of the molecule is CC/C=C\C/C=C\C/C=C\C/C=C\C/C=C\C/C=C\CCCCC(=O)OCC(COP(=O)(O)OCC(O)COP(=O)(O)OCC(O)COC(=O)CCCCCCCCC/C=C\C/C=C\C/C=C\C/C=C\C/C=C\CC)OC(=O)CCCCCCC/C=C\CCCC. The maximum Gasteiger partial charge on any atom is 0.472 e. The molecule has 0 fully saturated rings. The molecule has 0 amide bonds. The molecule has 0 aliphatic carbocycles. The Kier molecular flexibility index (Phi) is 62.2. The van der Waals surface area contributed by atoms with Crippen LogP contribution in [0.5, 0.6) is 0 Å². The Morgan fingerprint density at radius 3 is 0.956 bits per heavy atom. The topological polar surface area (TPSA) is 231 Å². The molecular weight excluding hydrogens is 1190 g/mol. The Morgan fingerprint density at radius 1 is 0.319 bits per heavy atom. The first-order chi connectivity index (χ1) is 44.2. The van der Waals surface area contributed by atoms with E-state index in [9.17, 15) is 43.5 Å². The van der Waals surface area contributed by atoms with Crippen LogP contribution >= 0.6 is 15.6 Å². The first kappa shape index (κ1) is 86.4. The van der Waals surface area contributed by atoms with Crippen molar-refractivity contribution < 1.29 is 75.8 Å². The van der Waals surface area contributed by atoms with Crippen LogP contribution in [0.4, 0.5) is 0 Å². The Hall–Kier alpha value is -4.57. The zero-order chi connectivity index (χ0) is 66.7. The van der Waals surface area contributed by atoms with Crippen molar-refractivity contribution in [2.45, 2.75) is 257 Å². The van der Waals surface area contributed by atoms with E-state index in [2.05, 4.69) is 167 Å². The summed E-state index contributed by atoms with van der Waals surface area (Å²) in [5, 5.41) is 20.5. The minimum absolute atomic E-state index is 0.0792. The third-order valence-electron chi connectivity index (χ3n) is 13.5. The molecule has 0 saturated heterocycles. The van der Waals surface area contributed by atoms with E-state index < -0.39 is 91.5 Å². The van der Waals surface area contributed by atoms with E-state index in [1.807, 2.05) is 0 Å². The molecule has 518 valence electrons. The lowest BCUT2D eigenvalue weighted by Crippen LogP contribution is -2.30. The second kappa shape index (κ2) is 65.5. The highest BCUT2D eigenvalue weighted by Gasteiger charge is 2.29. The number of allylic oxidation sites excluding steroid dienone is 24. The fourth-order valence-electron chi connectivity index (χ4n) is 8.34. The second-order valence-electron chi connectivity index (χ2n) is 22.2. The van der Waals surface area contributed by atoms with Crippen molar-refractivity contribution >= 4 is 33.6 Å². The van der Waals surface area contributed by atoms with E-state index in [0.717, 1.165) is 167 Å². The number of phosphoric ester groups is 2. The molecule has 0 aliphatic rings. The molecular formula is C73H120O16P2. The molecule has 4 N–H and O–H groups in total. The van der Waals surface area contributed by atoms with Gasteiger partial charge in [0.25, 0.3) is 0 Å². The predicted molar refractivity (Wildman–Crippen MR) is 371 cm³/mol. The summed E-state index contributed by atoms with van der Waals surface area (Å²) in [5.74, 6) is -1.66. The number of phosphoric acid groups is 2. The average Bonchev–Trinajstić information content (AvgIpc) is 3.66. The number of unbranched alkanes of at least 4 members (excludes halogenated alkanes) is 16. The maximum atomic E-state index is 12.9. The van der Waals surface area contributed by atoms with Gasteiger partial charge in [-0.25, -0.2) is 9.13 Å². The fraction of sp³-hybridized carbons (Fsp3) is 0.630. The summed E-state index contributed by atoms with van der Waals surface area (Å²) in [6.45, 7) is 2.29. The number of rotatable bonds is 63. The highest BCUT2D eigenvalue weighted by molar-refractivity contribution is 7.47. The van der Waals surface area contributed by atoms with Gasteiger partial charge in [-0.05, 0) is 135 Å². The van der Waals surface area contributed by atoms with Crippen LogP contribution in [0.1, 0.15) is 239 Å². The van der Waals surface area contributed by atoms with E-state index >= 15 is 0 Å². The Labute approximate surface area is 549 Å². The van der Waals surface area contributed by atoms with Gasteiger partial charge in [0.2, 0.25) is 0 Å². The van der Waals surface area contributed by atoms with Crippen LogP contribution in [0.25, 0.3) is 0 Å². The van der Waals surface area contributed by atoms with Crippen molar-refractivity contribution in [1.82, 2.24) is 0 Å². The number of carbonyl (C=O) groups is 3. The number of aliphatic hydroxyl groups excluding tert-OH is 2. The minimum atomic E-state index is -4.94. The third kappa shape index (κ3) is 66.7. The quantitative estimate of drug-likeness (QED) is 0.0146. The average molecular weight is 1320 g/mol. The van der Waals surface area contributed by atoms with Crippen LogP contribution in [-0.2, 0) is 55.8 Å². The summed E-state index contributed by atoms with van der Waals surface area (Å²) in [4.78, 5) is 58.3. The second-order valence-corrected chi connectivity index (χ2v) is 25.1. The van der Waals surface area contributed by atoms with E-state index in [-0.39, 0.29) is 19.3 Å². The number of hydrogen-bond acceptors (Lipinski definition) is 14. The summed E-state index contributed by atoms with van der Waals surface area (Å²) in [6, 6.07) is 0. The highest BCUT2D eigenvalue weighted by Crippen LogP contribution is 2.45. The molecule has 18 heteroatoms. The maximum absolute atomic E-state index is 12.9. The number of carbonyl (C=O) groups excluding carboxylic acids is 3. The van der Waals surface area contributed by atoms with Gasteiger partial charge >= 0.3 is 33.6 Å². The van der Waals surface area contributed by atoms with Crippen LogP contribution in [0.15, 0.2) is 146 Å². The lowest BCUT2D eigenvalue weighted by molar-refractivity contribution is -0.161. The van der Waals surface area contributed by atoms with Gasteiger partial charge in [0, 0.05) is 19.3 Å². The number of aliphatic hydroxyl groups is 2. The van der Waals surface area contributed by atoms with Gasteiger partial charge in [-0.3, -0.25) is 32.5 Å². The molecule has 0 saturated carbocycles. The molecule has 0 spiro atoms. The number of ether oxygens (including phenoxy) is 3. The summed E-state index contributed by atoms with van der Waals surface area (Å²) in [6.07, 6.45) is 77.7. The molecule has 0 aliphatic heterocycles.